The van der Waals surface area contributed by atoms with Gasteiger partial charge in [-0.3, -0.25) is 0 Å². The molecule has 1 N–H and O–H groups in total. The molecular weight excluding hydrogens is 314 g/mol. The Morgan fingerprint density at radius 1 is 0.957 bits per heavy atom. The number of rotatable bonds is 8. The Hall–Kier alpha value is -2.05. The molecule has 2 aromatic carbocycles. The highest BCUT2D eigenvalue weighted by molar-refractivity contribution is 7.91. The number of nitrogens with one attached hydrogen (secondary N) is 1. The van der Waals surface area contributed by atoms with E-state index in [-0.39, 0.29) is 5.75 Å². The molecule has 0 radical (unpaired) electrons. The zero-order valence-corrected chi connectivity index (χ0v) is 14.1. The van der Waals surface area contributed by atoms with E-state index in [4.69, 9.17) is 9.47 Å². The zero-order valence-electron chi connectivity index (χ0n) is 13.3. The SMILES string of the molecule is COc1ccc(CNCCS(=O)(=O)c2ccccc2)cc1OC. The van der Waals surface area contributed by atoms with E-state index in [1.54, 1.807) is 44.6 Å². The van der Waals surface area contributed by atoms with Gasteiger partial charge in [-0.15, -0.1) is 0 Å². The molecule has 0 fully saturated rings. The van der Waals surface area contributed by atoms with Crippen molar-refractivity contribution in [1.82, 2.24) is 5.32 Å². The van der Waals surface area contributed by atoms with Gasteiger partial charge in [-0.2, -0.15) is 0 Å². The fraction of sp³-hybridized carbons (Fsp3) is 0.294. The topological polar surface area (TPSA) is 64.6 Å². The number of hydrogen-bond acceptors (Lipinski definition) is 5. The Morgan fingerprint density at radius 3 is 2.30 bits per heavy atom. The van der Waals surface area contributed by atoms with Crippen LogP contribution in [0.25, 0.3) is 0 Å². The van der Waals surface area contributed by atoms with Gasteiger partial charge in [-0.1, -0.05) is 24.3 Å². The summed E-state index contributed by atoms with van der Waals surface area (Å²) < 4.78 is 34.7. The van der Waals surface area contributed by atoms with Crippen LogP contribution in [-0.2, 0) is 16.4 Å². The van der Waals surface area contributed by atoms with Gasteiger partial charge >= 0.3 is 0 Å². The average Bonchev–Trinajstić information content (AvgIpc) is 2.59. The fourth-order valence-electron chi connectivity index (χ4n) is 2.18. The molecule has 0 heterocycles. The monoisotopic (exact) mass is 335 g/mol. The molecule has 0 spiro atoms. The third kappa shape index (κ3) is 4.71. The van der Waals surface area contributed by atoms with Gasteiger partial charge in [-0.25, -0.2) is 8.42 Å². The molecule has 0 bridgehead atoms. The summed E-state index contributed by atoms with van der Waals surface area (Å²) in [6, 6.07) is 14.1. The van der Waals surface area contributed by atoms with Gasteiger partial charge in [0.25, 0.3) is 0 Å². The summed E-state index contributed by atoms with van der Waals surface area (Å²) in [5.74, 6) is 1.39. The molecule has 2 aromatic rings. The van der Waals surface area contributed by atoms with E-state index in [0.717, 1.165) is 5.56 Å². The quantitative estimate of drug-likeness (QED) is 0.750. The third-order valence-electron chi connectivity index (χ3n) is 3.43. The lowest BCUT2D eigenvalue weighted by atomic mass is 10.2. The van der Waals surface area contributed by atoms with E-state index in [2.05, 4.69) is 5.32 Å². The number of ether oxygens (including phenoxy) is 2. The van der Waals surface area contributed by atoms with E-state index in [1.165, 1.54) is 0 Å². The van der Waals surface area contributed by atoms with Crippen molar-refractivity contribution in [3.8, 4) is 11.5 Å². The molecule has 2 rings (SSSR count). The maximum atomic E-state index is 12.2. The Morgan fingerprint density at radius 2 is 1.65 bits per heavy atom. The highest BCUT2D eigenvalue weighted by atomic mass is 32.2. The molecule has 6 heteroatoms. The summed E-state index contributed by atoms with van der Waals surface area (Å²) in [7, 11) is -0.0731. The second kappa shape index (κ2) is 7.99. The summed E-state index contributed by atoms with van der Waals surface area (Å²) in [6.07, 6.45) is 0. The van der Waals surface area contributed by atoms with Crippen molar-refractivity contribution >= 4 is 9.84 Å². The minimum absolute atomic E-state index is 0.0598. The van der Waals surface area contributed by atoms with Crippen LogP contribution in [0.1, 0.15) is 5.56 Å². The van der Waals surface area contributed by atoms with Crippen LogP contribution in [0, 0.1) is 0 Å². The van der Waals surface area contributed by atoms with Crippen LogP contribution < -0.4 is 14.8 Å². The van der Waals surface area contributed by atoms with Crippen LogP contribution in [-0.4, -0.2) is 34.9 Å². The summed E-state index contributed by atoms with van der Waals surface area (Å²) in [6.45, 7) is 0.941. The molecule has 23 heavy (non-hydrogen) atoms. The molecule has 0 amide bonds. The van der Waals surface area contributed by atoms with Crippen molar-refractivity contribution in [2.24, 2.45) is 0 Å². The first-order valence-electron chi connectivity index (χ1n) is 7.26. The molecule has 0 unspecified atom stereocenters. The number of sulfone groups is 1. The maximum absolute atomic E-state index is 12.2. The third-order valence-corrected chi connectivity index (χ3v) is 5.16. The normalized spacial score (nSPS) is 11.2. The lowest BCUT2D eigenvalue weighted by Crippen LogP contribution is -2.22. The maximum Gasteiger partial charge on any atom is 0.179 e. The minimum Gasteiger partial charge on any atom is -0.493 e. The van der Waals surface area contributed by atoms with Crippen molar-refractivity contribution in [2.75, 3.05) is 26.5 Å². The number of methoxy groups -OCH3 is 2. The van der Waals surface area contributed by atoms with E-state index >= 15 is 0 Å². The molecular formula is C17H21NO4S. The van der Waals surface area contributed by atoms with Crippen molar-refractivity contribution in [3.05, 3.63) is 54.1 Å². The van der Waals surface area contributed by atoms with Gasteiger partial charge in [0, 0.05) is 13.1 Å². The number of benzene rings is 2. The first kappa shape index (κ1) is 17.3. The first-order chi connectivity index (χ1) is 11.1. The molecule has 0 aromatic heterocycles. The van der Waals surface area contributed by atoms with Crippen molar-refractivity contribution < 1.29 is 17.9 Å². The highest BCUT2D eigenvalue weighted by Crippen LogP contribution is 2.27. The fourth-order valence-corrected chi connectivity index (χ4v) is 3.40. The van der Waals surface area contributed by atoms with E-state index in [0.29, 0.717) is 29.5 Å². The van der Waals surface area contributed by atoms with Gasteiger partial charge in [0.1, 0.15) is 0 Å². The van der Waals surface area contributed by atoms with E-state index in [9.17, 15) is 8.42 Å². The van der Waals surface area contributed by atoms with Gasteiger partial charge in [0.05, 0.1) is 24.9 Å². The largest absolute Gasteiger partial charge is 0.493 e. The predicted octanol–water partition coefficient (Wildman–Crippen LogP) is 2.27. The minimum atomic E-state index is -3.25. The average molecular weight is 335 g/mol. The van der Waals surface area contributed by atoms with Gasteiger partial charge in [0.2, 0.25) is 0 Å². The molecule has 0 aliphatic heterocycles. The van der Waals surface area contributed by atoms with Gasteiger partial charge < -0.3 is 14.8 Å². The lowest BCUT2D eigenvalue weighted by Gasteiger charge is -2.10. The summed E-state index contributed by atoms with van der Waals surface area (Å²) in [5, 5.41) is 3.14. The Bertz CT molecular complexity index is 730. The molecule has 0 saturated carbocycles. The molecule has 0 saturated heterocycles. The van der Waals surface area contributed by atoms with Crippen LogP contribution in [0.15, 0.2) is 53.4 Å². The van der Waals surface area contributed by atoms with Gasteiger partial charge in [0.15, 0.2) is 21.3 Å². The smallest absolute Gasteiger partial charge is 0.179 e. The van der Waals surface area contributed by atoms with Crippen molar-refractivity contribution in [3.63, 3.8) is 0 Å². The Labute approximate surface area is 137 Å². The van der Waals surface area contributed by atoms with Crippen molar-refractivity contribution in [2.45, 2.75) is 11.4 Å². The second-order valence-corrected chi connectivity index (χ2v) is 7.11. The van der Waals surface area contributed by atoms with Crippen molar-refractivity contribution in [1.29, 1.82) is 0 Å². The zero-order chi connectivity index (χ0) is 16.7. The molecule has 5 nitrogen and oxygen atoms in total. The standard InChI is InChI=1S/C17H21NO4S/c1-21-16-9-8-14(12-17(16)22-2)13-18-10-11-23(19,20)15-6-4-3-5-7-15/h3-9,12,18H,10-11,13H2,1-2H3. The summed E-state index contributed by atoms with van der Waals surface area (Å²) >= 11 is 0. The van der Waals surface area contributed by atoms with Crippen LogP contribution in [0.2, 0.25) is 0 Å². The van der Waals surface area contributed by atoms with Crippen LogP contribution >= 0.6 is 0 Å². The molecule has 0 atom stereocenters. The lowest BCUT2D eigenvalue weighted by molar-refractivity contribution is 0.354. The molecule has 0 aliphatic carbocycles. The molecule has 124 valence electrons. The Kier molecular flexibility index (Phi) is 6.01. The van der Waals surface area contributed by atoms with E-state index in [1.807, 2.05) is 18.2 Å². The highest BCUT2D eigenvalue weighted by Gasteiger charge is 2.13. The van der Waals surface area contributed by atoms with E-state index < -0.39 is 9.84 Å². The Balaban J connectivity index is 1.88. The van der Waals surface area contributed by atoms with Crippen LogP contribution in [0.5, 0.6) is 11.5 Å². The van der Waals surface area contributed by atoms with Crippen LogP contribution in [0.4, 0.5) is 0 Å². The summed E-state index contributed by atoms with van der Waals surface area (Å²) in [5.41, 5.74) is 1.000. The first-order valence-corrected chi connectivity index (χ1v) is 8.91. The predicted molar refractivity (Wildman–Crippen MR) is 89.7 cm³/mol. The summed E-state index contributed by atoms with van der Waals surface area (Å²) in [4.78, 5) is 0.355. The number of hydrogen-bond donors (Lipinski definition) is 1. The second-order valence-electron chi connectivity index (χ2n) is 5.00. The van der Waals surface area contributed by atoms with Crippen LogP contribution in [0.3, 0.4) is 0 Å². The molecule has 0 aliphatic rings. The van der Waals surface area contributed by atoms with Gasteiger partial charge in [-0.05, 0) is 29.8 Å².